The number of aliphatic hydroxyl groups excluding tert-OH is 2. The molecule has 2 N–H and O–H groups in total. The van der Waals surface area contributed by atoms with Crippen LogP contribution in [0.2, 0.25) is 0 Å². The van der Waals surface area contributed by atoms with E-state index >= 15 is 0 Å². The summed E-state index contributed by atoms with van der Waals surface area (Å²) < 4.78 is 6.03. The molecule has 2 aliphatic rings. The van der Waals surface area contributed by atoms with Crippen LogP contribution in [0.4, 0.5) is 0 Å². The zero-order chi connectivity index (χ0) is 12.1. The third kappa shape index (κ3) is 1.45. The minimum atomic E-state index is -0.482. The summed E-state index contributed by atoms with van der Waals surface area (Å²) in [6.45, 7) is 8.22. The van der Waals surface area contributed by atoms with Crippen LogP contribution in [0.3, 0.4) is 0 Å². The van der Waals surface area contributed by atoms with Gasteiger partial charge in [-0.3, -0.25) is 0 Å². The number of rotatable bonds is 2. The van der Waals surface area contributed by atoms with E-state index in [0.717, 1.165) is 5.57 Å². The molecule has 2 bridgehead atoms. The van der Waals surface area contributed by atoms with Gasteiger partial charge in [-0.15, -0.1) is 0 Å². The van der Waals surface area contributed by atoms with E-state index in [9.17, 15) is 10.2 Å². The molecule has 0 aromatic rings. The first kappa shape index (κ1) is 12.1. The molecule has 5 atom stereocenters. The average molecular weight is 226 g/mol. The fourth-order valence-corrected chi connectivity index (χ4v) is 3.18. The minimum absolute atomic E-state index is 0.0227. The lowest BCUT2D eigenvalue weighted by Crippen LogP contribution is -2.54. The van der Waals surface area contributed by atoms with Gasteiger partial charge in [-0.1, -0.05) is 26.8 Å². The number of hydrogen-bond donors (Lipinski definition) is 2. The van der Waals surface area contributed by atoms with E-state index in [4.69, 9.17) is 4.74 Å². The standard InChI is InChI=1S/C13H22O3/c1-7(2)11-10-5-9(6-14)13(4,16-10)8(3)12(11)15/h5,7-8,10-12,14-15H,6H2,1-4H3/t8-,10+,11-,12+,13+/m0/s1. The van der Waals surface area contributed by atoms with E-state index in [-0.39, 0.29) is 30.7 Å². The highest BCUT2D eigenvalue weighted by atomic mass is 16.5. The Morgan fingerprint density at radius 3 is 2.62 bits per heavy atom. The van der Waals surface area contributed by atoms with Crippen molar-refractivity contribution >= 4 is 0 Å². The lowest BCUT2D eigenvalue weighted by molar-refractivity contribution is -0.182. The smallest absolute Gasteiger partial charge is 0.0944 e. The largest absolute Gasteiger partial charge is 0.392 e. The zero-order valence-corrected chi connectivity index (χ0v) is 10.5. The van der Waals surface area contributed by atoms with Crippen LogP contribution in [0, 0.1) is 17.8 Å². The van der Waals surface area contributed by atoms with Gasteiger partial charge in [0.1, 0.15) is 0 Å². The number of fused-ring (bicyclic) bond motifs is 2. The van der Waals surface area contributed by atoms with E-state index in [0.29, 0.717) is 5.92 Å². The van der Waals surface area contributed by atoms with Crippen molar-refractivity contribution < 1.29 is 14.9 Å². The molecular formula is C13H22O3. The van der Waals surface area contributed by atoms with Gasteiger partial charge in [-0.05, 0) is 18.4 Å². The van der Waals surface area contributed by atoms with Crippen molar-refractivity contribution in [3.8, 4) is 0 Å². The Hall–Kier alpha value is -0.380. The number of ether oxygens (including phenoxy) is 1. The third-order valence-electron chi connectivity index (χ3n) is 4.48. The summed E-state index contributed by atoms with van der Waals surface area (Å²) in [6.07, 6.45) is 1.61. The molecule has 0 spiro atoms. The van der Waals surface area contributed by atoms with Crippen LogP contribution in [0.15, 0.2) is 11.6 Å². The fraction of sp³-hybridized carbons (Fsp3) is 0.846. The SMILES string of the molecule is CC(C)[C@@H]1[C@H](O)[C@H](C)[C@@]2(C)O[C@@H]1C=C2CO. The molecule has 0 aromatic carbocycles. The molecule has 0 unspecified atom stereocenters. The van der Waals surface area contributed by atoms with Gasteiger partial charge in [0.25, 0.3) is 0 Å². The number of aliphatic hydroxyl groups is 2. The molecule has 2 heterocycles. The molecule has 0 aromatic heterocycles. The zero-order valence-electron chi connectivity index (χ0n) is 10.5. The second-order valence-corrected chi connectivity index (χ2v) is 5.64. The topological polar surface area (TPSA) is 49.7 Å². The maximum atomic E-state index is 10.4. The maximum absolute atomic E-state index is 10.4. The molecule has 0 saturated carbocycles. The summed E-state index contributed by atoms with van der Waals surface area (Å²) in [4.78, 5) is 0. The van der Waals surface area contributed by atoms with Crippen molar-refractivity contribution in [2.75, 3.05) is 6.61 Å². The normalized spacial score (nSPS) is 47.3. The second-order valence-electron chi connectivity index (χ2n) is 5.64. The van der Waals surface area contributed by atoms with Gasteiger partial charge < -0.3 is 14.9 Å². The van der Waals surface area contributed by atoms with Crippen LogP contribution in [-0.4, -0.2) is 34.6 Å². The summed E-state index contributed by atoms with van der Waals surface area (Å²) in [5, 5.41) is 19.7. The lowest BCUT2D eigenvalue weighted by atomic mass is 9.73. The summed E-state index contributed by atoms with van der Waals surface area (Å²) in [6, 6.07) is 0. The summed E-state index contributed by atoms with van der Waals surface area (Å²) in [7, 11) is 0. The Labute approximate surface area is 97.1 Å². The molecule has 16 heavy (non-hydrogen) atoms. The van der Waals surface area contributed by atoms with Crippen molar-refractivity contribution in [1.82, 2.24) is 0 Å². The average Bonchev–Trinajstić information content (AvgIpc) is 2.51. The van der Waals surface area contributed by atoms with Gasteiger partial charge in [0.2, 0.25) is 0 Å². The first-order chi connectivity index (χ1) is 7.41. The highest BCUT2D eigenvalue weighted by Gasteiger charge is 2.54. The predicted octanol–water partition coefficient (Wildman–Crippen LogP) is 1.35. The molecule has 3 heteroatoms. The third-order valence-corrected chi connectivity index (χ3v) is 4.48. The predicted molar refractivity (Wildman–Crippen MR) is 61.9 cm³/mol. The molecule has 0 amide bonds. The van der Waals surface area contributed by atoms with Gasteiger partial charge in [0.15, 0.2) is 0 Å². The van der Waals surface area contributed by atoms with Crippen LogP contribution < -0.4 is 0 Å². The Morgan fingerprint density at radius 1 is 1.50 bits per heavy atom. The van der Waals surface area contributed by atoms with Crippen molar-refractivity contribution in [3.63, 3.8) is 0 Å². The van der Waals surface area contributed by atoms with Gasteiger partial charge in [0, 0.05) is 11.8 Å². The Morgan fingerprint density at radius 2 is 2.12 bits per heavy atom. The highest BCUT2D eigenvalue weighted by Crippen LogP contribution is 2.48. The van der Waals surface area contributed by atoms with E-state index in [1.807, 2.05) is 19.9 Å². The van der Waals surface area contributed by atoms with Gasteiger partial charge in [0.05, 0.1) is 24.4 Å². The minimum Gasteiger partial charge on any atom is -0.392 e. The maximum Gasteiger partial charge on any atom is 0.0944 e. The summed E-state index contributed by atoms with van der Waals surface area (Å²) >= 11 is 0. The molecule has 1 fully saturated rings. The van der Waals surface area contributed by atoms with Gasteiger partial charge in [-0.25, -0.2) is 0 Å². The highest BCUT2D eigenvalue weighted by molar-refractivity contribution is 5.29. The van der Waals surface area contributed by atoms with Crippen LogP contribution in [0.25, 0.3) is 0 Å². The van der Waals surface area contributed by atoms with Gasteiger partial charge in [-0.2, -0.15) is 0 Å². The Balaban J connectivity index is 2.37. The molecule has 0 aliphatic carbocycles. The van der Waals surface area contributed by atoms with Crippen molar-refractivity contribution in [3.05, 3.63) is 11.6 Å². The first-order valence-electron chi connectivity index (χ1n) is 6.09. The lowest BCUT2D eigenvalue weighted by Gasteiger charge is -2.47. The van der Waals surface area contributed by atoms with E-state index in [1.54, 1.807) is 0 Å². The molecule has 92 valence electrons. The monoisotopic (exact) mass is 226 g/mol. The second kappa shape index (κ2) is 3.83. The van der Waals surface area contributed by atoms with Crippen LogP contribution in [0.1, 0.15) is 27.7 Å². The Bertz CT molecular complexity index is 310. The van der Waals surface area contributed by atoms with Crippen molar-refractivity contribution in [1.29, 1.82) is 0 Å². The van der Waals surface area contributed by atoms with E-state index in [2.05, 4.69) is 13.8 Å². The van der Waals surface area contributed by atoms with Crippen LogP contribution in [0.5, 0.6) is 0 Å². The molecular weight excluding hydrogens is 204 g/mol. The number of hydrogen-bond acceptors (Lipinski definition) is 3. The first-order valence-corrected chi connectivity index (χ1v) is 6.09. The van der Waals surface area contributed by atoms with E-state index in [1.165, 1.54) is 0 Å². The fourth-order valence-electron chi connectivity index (χ4n) is 3.18. The van der Waals surface area contributed by atoms with Crippen molar-refractivity contribution in [2.45, 2.75) is 45.5 Å². The Kier molecular flexibility index (Phi) is 2.89. The van der Waals surface area contributed by atoms with E-state index < -0.39 is 5.60 Å². The van der Waals surface area contributed by atoms with Crippen molar-refractivity contribution in [2.24, 2.45) is 17.8 Å². The summed E-state index contributed by atoms with van der Waals surface area (Å²) in [5.41, 5.74) is 0.441. The molecule has 2 rings (SSSR count). The quantitative estimate of drug-likeness (QED) is 0.699. The van der Waals surface area contributed by atoms with Gasteiger partial charge >= 0.3 is 0 Å². The molecule has 3 nitrogen and oxygen atoms in total. The summed E-state index contributed by atoms with van der Waals surface area (Å²) in [5.74, 6) is 0.533. The van der Waals surface area contributed by atoms with Crippen LogP contribution in [-0.2, 0) is 4.74 Å². The van der Waals surface area contributed by atoms with Crippen LogP contribution >= 0.6 is 0 Å². The molecule has 0 radical (unpaired) electrons. The molecule has 1 saturated heterocycles. The molecule has 2 aliphatic heterocycles.